The molecule has 0 fully saturated rings. The maximum absolute atomic E-state index is 12.1. The predicted molar refractivity (Wildman–Crippen MR) is 49.6 cm³/mol. The zero-order valence-corrected chi connectivity index (χ0v) is 8.44. The molecule has 1 heterocycles. The van der Waals surface area contributed by atoms with Crippen molar-refractivity contribution < 1.29 is 17.4 Å². The lowest BCUT2D eigenvalue weighted by Gasteiger charge is -2.06. The zero-order chi connectivity index (χ0) is 11.5. The minimum atomic E-state index is -4.42. The molecule has 15 heavy (non-hydrogen) atoms. The second-order valence-electron chi connectivity index (χ2n) is 2.72. The van der Waals surface area contributed by atoms with E-state index in [0.717, 1.165) is 12.1 Å². The van der Waals surface area contributed by atoms with Gasteiger partial charge >= 0.3 is 6.18 Å². The van der Waals surface area contributed by atoms with Crippen LogP contribution in [0.2, 0.25) is 0 Å². The lowest BCUT2D eigenvalue weighted by molar-refractivity contribution is -0.137. The Morgan fingerprint density at radius 3 is 2.47 bits per heavy atom. The summed E-state index contributed by atoms with van der Waals surface area (Å²) in [5.74, 6) is 0.193. The van der Waals surface area contributed by atoms with Crippen LogP contribution in [0.1, 0.15) is 5.56 Å². The molecule has 0 aromatic carbocycles. The summed E-state index contributed by atoms with van der Waals surface area (Å²) in [4.78, 5) is 3.49. The van der Waals surface area contributed by atoms with E-state index in [9.17, 15) is 17.4 Å². The Labute approximate surface area is 87.0 Å². The largest absolute Gasteiger partial charge is 0.417 e. The van der Waals surface area contributed by atoms with E-state index in [0.29, 0.717) is 6.20 Å². The van der Waals surface area contributed by atoms with Crippen molar-refractivity contribution in [2.24, 2.45) is 5.73 Å². The van der Waals surface area contributed by atoms with E-state index < -0.39 is 22.5 Å². The molecule has 1 rings (SSSR count). The molecule has 0 saturated carbocycles. The highest BCUT2D eigenvalue weighted by Gasteiger charge is 2.30. The summed E-state index contributed by atoms with van der Waals surface area (Å²) >= 11 is 0. The maximum atomic E-state index is 12.1. The van der Waals surface area contributed by atoms with Crippen LogP contribution < -0.4 is 5.73 Å². The fraction of sp³-hybridized carbons (Fsp3) is 0.375. The number of aromatic nitrogens is 1. The number of hydrogen-bond donors (Lipinski definition) is 1. The summed E-state index contributed by atoms with van der Waals surface area (Å²) in [7, 11) is -1.42. The first-order valence-electron chi connectivity index (χ1n) is 4.07. The highest BCUT2D eigenvalue weighted by atomic mass is 32.2. The quantitative estimate of drug-likeness (QED) is 0.859. The van der Waals surface area contributed by atoms with Gasteiger partial charge in [0.05, 0.1) is 16.4 Å². The third-order valence-electron chi connectivity index (χ3n) is 1.60. The van der Waals surface area contributed by atoms with Gasteiger partial charge in [-0.25, -0.2) is 4.98 Å². The fourth-order valence-electron chi connectivity index (χ4n) is 0.894. The standard InChI is InChI=1S/C8H9F3N2OS/c9-8(10,11)6-1-2-7(13-5-6)15(14)4-3-12/h1-2,5H,3-4,12H2. The van der Waals surface area contributed by atoms with E-state index in [1.54, 1.807) is 0 Å². The van der Waals surface area contributed by atoms with Crippen LogP contribution in [0.25, 0.3) is 0 Å². The first kappa shape index (κ1) is 12.1. The van der Waals surface area contributed by atoms with Gasteiger partial charge in [-0.1, -0.05) is 0 Å². The van der Waals surface area contributed by atoms with Gasteiger partial charge in [0.15, 0.2) is 0 Å². The summed E-state index contributed by atoms with van der Waals surface area (Å²) in [6, 6.07) is 1.96. The molecule has 0 bridgehead atoms. The van der Waals surface area contributed by atoms with Gasteiger partial charge in [-0.2, -0.15) is 13.2 Å². The van der Waals surface area contributed by atoms with Crippen molar-refractivity contribution in [1.82, 2.24) is 4.98 Å². The maximum Gasteiger partial charge on any atom is 0.417 e. The minimum absolute atomic E-state index is 0.119. The zero-order valence-electron chi connectivity index (χ0n) is 7.62. The third kappa shape index (κ3) is 3.28. The highest BCUT2D eigenvalue weighted by Crippen LogP contribution is 2.28. The lowest BCUT2D eigenvalue weighted by atomic mass is 10.3. The molecule has 3 nitrogen and oxygen atoms in total. The SMILES string of the molecule is NCCS(=O)c1ccc(C(F)(F)F)cn1. The smallest absolute Gasteiger partial charge is 0.330 e. The molecule has 0 aliphatic carbocycles. The van der Waals surface area contributed by atoms with E-state index in [2.05, 4.69) is 4.98 Å². The number of nitrogens with zero attached hydrogens (tertiary/aromatic N) is 1. The molecule has 7 heteroatoms. The molecule has 1 atom stereocenters. The summed E-state index contributed by atoms with van der Waals surface area (Å²) in [6.45, 7) is 0.204. The molecule has 1 unspecified atom stereocenters. The topological polar surface area (TPSA) is 56.0 Å². The molecule has 2 N–H and O–H groups in total. The van der Waals surface area contributed by atoms with Crippen molar-refractivity contribution in [1.29, 1.82) is 0 Å². The van der Waals surface area contributed by atoms with Gasteiger partial charge in [0.25, 0.3) is 0 Å². The van der Waals surface area contributed by atoms with Crippen molar-refractivity contribution in [3.05, 3.63) is 23.9 Å². The van der Waals surface area contributed by atoms with Gasteiger partial charge in [-0.05, 0) is 12.1 Å². The van der Waals surface area contributed by atoms with Crippen LogP contribution in [0.3, 0.4) is 0 Å². The second-order valence-corrected chi connectivity index (χ2v) is 4.24. The van der Waals surface area contributed by atoms with Gasteiger partial charge in [0.1, 0.15) is 5.03 Å². The number of halogens is 3. The monoisotopic (exact) mass is 238 g/mol. The predicted octanol–water partition coefficient (Wildman–Crippen LogP) is 1.17. The molecular weight excluding hydrogens is 229 g/mol. The fourth-order valence-corrected chi connectivity index (χ4v) is 1.71. The van der Waals surface area contributed by atoms with Crippen LogP contribution >= 0.6 is 0 Å². The first-order chi connectivity index (χ1) is 6.95. The Bertz CT molecular complexity index is 350. The van der Waals surface area contributed by atoms with E-state index in [1.165, 1.54) is 0 Å². The van der Waals surface area contributed by atoms with Gasteiger partial charge in [-0.3, -0.25) is 4.21 Å². The van der Waals surface area contributed by atoms with Crippen LogP contribution in [-0.4, -0.2) is 21.5 Å². The number of rotatable bonds is 3. The number of hydrogen-bond acceptors (Lipinski definition) is 3. The van der Waals surface area contributed by atoms with Crippen molar-refractivity contribution in [3.63, 3.8) is 0 Å². The molecule has 0 amide bonds. The van der Waals surface area contributed by atoms with Gasteiger partial charge in [0.2, 0.25) is 0 Å². The highest BCUT2D eigenvalue weighted by molar-refractivity contribution is 7.85. The van der Waals surface area contributed by atoms with Gasteiger partial charge in [0, 0.05) is 18.5 Å². The molecule has 1 aromatic rings. The summed E-state index contributed by atoms with van der Waals surface area (Å²) in [5, 5.41) is 0.119. The third-order valence-corrected chi connectivity index (χ3v) is 2.91. The average molecular weight is 238 g/mol. The van der Waals surface area contributed by atoms with Crippen molar-refractivity contribution >= 4 is 10.8 Å². The number of pyridine rings is 1. The van der Waals surface area contributed by atoms with Gasteiger partial charge < -0.3 is 5.73 Å². The van der Waals surface area contributed by atoms with Crippen molar-refractivity contribution in [2.75, 3.05) is 12.3 Å². The van der Waals surface area contributed by atoms with Crippen molar-refractivity contribution in [3.8, 4) is 0 Å². The Morgan fingerprint density at radius 1 is 1.40 bits per heavy atom. The molecule has 0 spiro atoms. The van der Waals surface area contributed by atoms with Crippen LogP contribution in [0.4, 0.5) is 13.2 Å². The number of alkyl halides is 3. The van der Waals surface area contributed by atoms with E-state index in [-0.39, 0.29) is 17.3 Å². The Morgan fingerprint density at radius 2 is 2.07 bits per heavy atom. The molecule has 0 aliphatic rings. The molecule has 0 radical (unpaired) electrons. The summed E-state index contributed by atoms with van der Waals surface area (Å²) in [5.41, 5.74) is 4.31. The normalized spacial score (nSPS) is 13.9. The Kier molecular flexibility index (Phi) is 3.81. The lowest BCUT2D eigenvalue weighted by Crippen LogP contribution is -2.12. The van der Waals surface area contributed by atoms with E-state index in [1.807, 2.05) is 0 Å². The molecular formula is C8H9F3N2OS. The minimum Gasteiger partial charge on any atom is -0.330 e. The molecule has 1 aromatic heterocycles. The number of nitrogens with two attached hydrogens (primary N) is 1. The summed E-state index contributed by atoms with van der Waals surface area (Å²) < 4.78 is 47.7. The average Bonchev–Trinajstić information content (AvgIpc) is 2.17. The Hall–Kier alpha value is -0.950. The van der Waals surface area contributed by atoms with E-state index in [4.69, 9.17) is 5.73 Å². The van der Waals surface area contributed by atoms with Crippen molar-refractivity contribution in [2.45, 2.75) is 11.2 Å². The van der Waals surface area contributed by atoms with Crippen LogP contribution in [-0.2, 0) is 17.0 Å². The van der Waals surface area contributed by atoms with E-state index >= 15 is 0 Å². The van der Waals surface area contributed by atoms with Crippen LogP contribution in [0.15, 0.2) is 23.4 Å². The molecule has 84 valence electrons. The van der Waals surface area contributed by atoms with Crippen LogP contribution in [0, 0.1) is 0 Å². The van der Waals surface area contributed by atoms with Crippen LogP contribution in [0.5, 0.6) is 0 Å². The second kappa shape index (κ2) is 4.71. The first-order valence-corrected chi connectivity index (χ1v) is 5.38. The van der Waals surface area contributed by atoms with Gasteiger partial charge in [-0.15, -0.1) is 0 Å². The molecule has 0 aliphatic heterocycles. The summed E-state index contributed by atoms with van der Waals surface area (Å²) in [6.07, 6.45) is -3.75. The molecule has 0 saturated heterocycles. The Balaban J connectivity index is 2.86.